The van der Waals surface area contributed by atoms with E-state index in [1.807, 2.05) is 24.3 Å². The van der Waals surface area contributed by atoms with Gasteiger partial charge in [0.1, 0.15) is 6.61 Å². The van der Waals surface area contributed by atoms with Crippen molar-refractivity contribution in [2.45, 2.75) is 37.6 Å². The first-order valence-corrected chi connectivity index (χ1v) is 9.97. The van der Waals surface area contributed by atoms with Crippen LogP contribution >= 0.6 is 0 Å². The van der Waals surface area contributed by atoms with Gasteiger partial charge >= 0.3 is 12.1 Å². The Balaban J connectivity index is 1.35. The van der Waals surface area contributed by atoms with Crippen LogP contribution in [-0.2, 0) is 9.53 Å². The van der Waals surface area contributed by atoms with Gasteiger partial charge in [0.05, 0.1) is 11.5 Å². The molecule has 2 atom stereocenters. The quantitative estimate of drug-likeness (QED) is 0.868. The van der Waals surface area contributed by atoms with Gasteiger partial charge in [-0.2, -0.15) is 0 Å². The van der Waals surface area contributed by atoms with Crippen LogP contribution < -0.4 is 0 Å². The smallest absolute Gasteiger partial charge is 0.410 e. The summed E-state index contributed by atoms with van der Waals surface area (Å²) in [5.74, 6) is -0.754. The lowest BCUT2D eigenvalue weighted by atomic mass is 9.82. The minimum Gasteiger partial charge on any atom is -0.481 e. The van der Waals surface area contributed by atoms with Gasteiger partial charge in [0.2, 0.25) is 0 Å². The van der Waals surface area contributed by atoms with Crippen LogP contribution in [0.1, 0.15) is 42.7 Å². The van der Waals surface area contributed by atoms with Crippen LogP contribution in [0.4, 0.5) is 4.79 Å². The zero-order chi connectivity index (χ0) is 19.3. The van der Waals surface area contributed by atoms with Gasteiger partial charge in [-0.1, -0.05) is 55.0 Å². The number of ether oxygens (including phenoxy) is 1. The van der Waals surface area contributed by atoms with Gasteiger partial charge in [-0.3, -0.25) is 4.79 Å². The number of nitrogens with zero attached hydrogens (tertiary/aromatic N) is 1. The molecule has 0 bridgehead atoms. The highest BCUT2D eigenvalue weighted by Crippen LogP contribution is 2.49. The lowest BCUT2D eigenvalue weighted by Gasteiger charge is -2.28. The van der Waals surface area contributed by atoms with Gasteiger partial charge in [0.25, 0.3) is 0 Å². The molecule has 28 heavy (non-hydrogen) atoms. The first-order valence-electron chi connectivity index (χ1n) is 9.97. The largest absolute Gasteiger partial charge is 0.481 e. The molecule has 3 aliphatic rings. The molecule has 1 saturated carbocycles. The monoisotopic (exact) mass is 377 g/mol. The van der Waals surface area contributed by atoms with E-state index in [0.29, 0.717) is 19.4 Å². The molecule has 0 radical (unpaired) electrons. The van der Waals surface area contributed by atoms with E-state index < -0.39 is 11.4 Å². The van der Waals surface area contributed by atoms with Gasteiger partial charge in [0, 0.05) is 12.5 Å². The van der Waals surface area contributed by atoms with E-state index in [-0.39, 0.29) is 24.7 Å². The second-order valence-corrected chi connectivity index (χ2v) is 8.12. The molecule has 1 saturated heterocycles. The Morgan fingerprint density at radius 1 is 1.04 bits per heavy atom. The molecule has 2 aliphatic carbocycles. The highest BCUT2D eigenvalue weighted by Gasteiger charge is 2.57. The van der Waals surface area contributed by atoms with Crippen molar-refractivity contribution in [3.8, 4) is 11.1 Å². The van der Waals surface area contributed by atoms with E-state index in [4.69, 9.17) is 4.74 Å². The number of aliphatic carboxylic acids is 1. The Hall–Kier alpha value is -2.82. The van der Waals surface area contributed by atoms with Crippen molar-refractivity contribution in [2.75, 3.05) is 13.2 Å². The minimum atomic E-state index is -0.774. The average Bonchev–Trinajstić information content (AvgIpc) is 3.37. The third kappa shape index (κ3) is 2.38. The maximum Gasteiger partial charge on any atom is 0.410 e. The number of carboxylic acids is 1. The number of fused-ring (bicyclic) bond motifs is 4. The van der Waals surface area contributed by atoms with Crippen LogP contribution in [0.25, 0.3) is 11.1 Å². The summed E-state index contributed by atoms with van der Waals surface area (Å²) in [4.78, 5) is 26.3. The zero-order valence-corrected chi connectivity index (χ0v) is 15.6. The lowest BCUT2D eigenvalue weighted by molar-refractivity contribution is -0.149. The highest BCUT2D eigenvalue weighted by atomic mass is 16.6. The van der Waals surface area contributed by atoms with Crippen LogP contribution in [0.5, 0.6) is 0 Å². The van der Waals surface area contributed by atoms with E-state index in [0.717, 1.165) is 12.8 Å². The van der Waals surface area contributed by atoms with Crippen molar-refractivity contribution >= 4 is 12.1 Å². The molecular formula is C23H23NO4. The maximum atomic E-state index is 12.8. The molecule has 0 spiro atoms. The van der Waals surface area contributed by atoms with Crippen molar-refractivity contribution < 1.29 is 19.4 Å². The van der Waals surface area contributed by atoms with E-state index in [1.54, 1.807) is 4.90 Å². The van der Waals surface area contributed by atoms with Crippen LogP contribution in [0.3, 0.4) is 0 Å². The SMILES string of the molecule is O=C(OCC1c2ccccc2-c2ccccc21)N1CC[C@@]2(C(=O)O)CCC[C@@H]12. The van der Waals surface area contributed by atoms with Gasteiger partial charge in [-0.05, 0) is 41.5 Å². The number of hydrogen-bond donors (Lipinski definition) is 1. The number of hydrogen-bond acceptors (Lipinski definition) is 3. The van der Waals surface area contributed by atoms with Crippen LogP contribution in [-0.4, -0.2) is 41.3 Å². The molecule has 5 nitrogen and oxygen atoms in total. The van der Waals surface area contributed by atoms with E-state index >= 15 is 0 Å². The molecule has 0 unspecified atom stereocenters. The standard InChI is InChI=1S/C23H23NO4/c25-21(26)23-11-5-10-20(23)24(13-12-23)22(27)28-14-19-17-8-3-1-6-15(17)16-7-2-4-9-18(16)19/h1-4,6-9,19-20H,5,10-14H2,(H,25,26)/t20-,23+/m1/s1. The first-order chi connectivity index (χ1) is 13.6. The topological polar surface area (TPSA) is 66.8 Å². The van der Waals surface area contributed by atoms with Crippen molar-refractivity contribution in [3.63, 3.8) is 0 Å². The minimum absolute atomic E-state index is 0.0202. The first kappa shape index (κ1) is 17.3. The number of likely N-dealkylation sites (tertiary alicyclic amines) is 1. The molecule has 5 rings (SSSR count). The van der Waals surface area contributed by atoms with E-state index in [1.165, 1.54) is 22.3 Å². The average molecular weight is 377 g/mol. The van der Waals surface area contributed by atoms with Crippen molar-refractivity contribution in [1.82, 2.24) is 4.90 Å². The summed E-state index contributed by atoms with van der Waals surface area (Å²) in [5, 5.41) is 9.72. The third-order valence-corrected chi connectivity index (χ3v) is 6.91. The second kappa shape index (κ2) is 6.36. The zero-order valence-electron chi connectivity index (χ0n) is 15.6. The number of benzene rings is 2. The molecule has 1 heterocycles. The normalized spacial score (nSPS) is 25.3. The van der Waals surface area contributed by atoms with Gasteiger partial charge in [-0.25, -0.2) is 4.79 Å². The van der Waals surface area contributed by atoms with Crippen molar-refractivity contribution in [3.05, 3.63) is 59.7 Å². The Morgan fingerprint density at radius 3 is 2.32 bits per heavy atom. The molecule has 1 aliphatic heterocycles. The van der Waals surface area contributed by atoms with Crippen LogP contribution in [0, 0.1) is 5.41 Å². The summed E-state index contributed by atoms with van der Waals surface area (Å²) in [7, 11) is 0. The third-order valence-electron chi connectivity index (χ3n) is 6.91. The Bertz CT molecular complexity index is 910. The summed E-state index contributed by atoms with van der Waals surface area (Å²) in [5.41, 5.74) is 3.98. The predicted octanol–water partition coefficient (Wildman–Crippen LogP) is 4.26. The number of rotatable bonds is 3. The fraction of sp³-hybridized carbons (Fsp3) is 0.391. The molecule has 1 N–H and O–H groups in total. The predicted molar refractivity (Wildman–Crippen MR) is 104 cm³/mol. The number of carbonyl (C=O) groups is 2. The van der Waals surface area contributed by atoms with E-state index in [9.17, 15) is 14.7 Å². The lowest BCUT2D eigenvalue weighted by Crippen LogP contribution is -2.43. The highest BCUT2D eigenvalue weighted by molar-refractivity contribution is 5.80. The van der Waals surface area contributed by atoms with Crippen LogP contribution in [0.2, 0.25) is 0 Å². The second-order valence-electron chi connectivity index (χ2n) is 8.12. The van der Waals surface area contributed by atoms with Gasteiger partial charge in [0.15, 0.2) is 0 Å². The van der Waals surface area contributed by atoms with Crippen molar-refractivity contribution in [2.24, 2.45) is 5.41 Å². The van der Waals surface area contributed by atoms with Gasteiger partial charge in [-0.15, -0.1) is 0 Å². The molecule has 1 amide bonds. The molecule has 2 aromatic rings. The number of amides is 1. The molecule has 2 fully saturated rings. The summed E-state index contributed by atoms with van der Waals surface area (Å²) >= 11 is 0. The van der Waals surface area contributed by atoms with E-state index in [2.05, 4.69) is 24.3 Å². The fourth-order valence-corrected chi connectivity index (χ4v) is 5.53. The molecule has 5 heteroatoms. The summed E-state index contributed by atoms with van der Waals surface area (Å²) in [6.45, 7) is 0.740. The summed E-state index contributed by atoms with van der Waals surface area (Å²) in [6, 6.07) is 16.2. The van der Waals surface area contributed by atoms with Gasteiger partial charge < -0.3 is 14.7 Å². The van der Waals surface area contributed by atoms with Crippen LogP contribution in [0.15, 0.2) is 48.5 Å². The molecule has 144 valence electrons. The Morgan fingerprint density at radius 2 is 1.68 bits per heavy atom. The fourth-order valence-electron chi connectivity index (χ4n) is 5.53. The number of carboxylic acid groups (broad SMARTS) is 1. The number of carbonyl (C=O) groups excluding carboxylic acids is 1. The summed E-state index contributed by atoms with van der Waals surface area (Å²) in [6.07, 6.45) is 2.40. The maximum absolute atomic E-state index is 12.8. The Labute approximate surface area is 163 Å². The molecule has 2 aromatic carbocycles. The molecular weight excluding hydrogens is 354 g/mol. The van der Waals surface area contributed by atoms with Crippen molar-refractivity contribution in [1.29, 1.82) is 0 Å². The Kier molecular flexibility index (Phi) is 3.93. The summed E-state index contributed by atoms with van der Waals surface area (Å²) < 4.78 is 5.75. The molecule has 0 aromatic heterocycles.